The molecule has 0 aromatic carbocycles. The van der Waals surface area contributed by atoms with E-state index in [0.29, 0.717) is 18.5 Å². The molecule has 3 fully saturated rings. The van der Waals surface area contributed by atoms with Crippen LogP contribution >= 0.6 is 0 Å². The molecule has 2 aliphatic carbocycles. The standard InChI is InChI=1S/C15H27N3O/c16-9-11-2-1-3-12(11)15(19)18-14-8-13(14)10-4-6-17-7-5-10/h10-14,17H,1-9,16H2,(H,18,19)/t11-,12-,13+,14-/m1/s1. The fraction of sp³-hybridized carbons (Fsp3) is 0.933. The van der Waals surface area contributed by atoms with Crippen LogP contribution in [0.25, 0.3) is 0 Å². The van der Waals surface area contributed by atoms with Crippen LogP contribution in [0.15, 0.2) is 0 Å². The van der Waals surface area contributed by atoms with Crippen molar-refractivity contribution in [2.75, 3.05) is 19.6 Å². The topological polar surface area (TPSA) is 67.2 Å². The fourth-order valence-electron chi connectivity index (χ4n) is 4.13. The maximum absolute atomic E-state index is 12.3. The molecule has 1 amide bonds. The molecule has 19 heavy (non-hydrogen) atoms. The second-order valence-corrected chi connectivity index (χ2v) is 6.64. The van der Waals surface area contributed by atoms with Crippen LogP contribution in [0.1, 0.15) is 38.5 Å². The van der Waals surface area contributed by atoms with E-state index in [4.69, 9.17) is 5.73 Å². The van der Waals surface area contributed by atoms with Crippen molar-refractivity contribution in [2.24, 2.45) is 29.4 Å². The summed E-state index contributed by atoms with van der Waals surface area (Å²) < 4.78 is 0. The van der Waals surface area contributed by atoms with E-state index < -0.39 is 0 Å². The van der Waals surface area contributed by atoms with E-state index in [1.165, 1.54) is 25.7 Å². The first-order valence-electron chi connectivity index (χ1n) is 8.00. The Bertz CT molecular complexity index is 327. The van der Waals surface area contributed by atoms with Gasteiger partial charge in [0.05, 0.1) is 0 Å². The Morgan fingerprint density at radius 2 is 2.00 bits per heavy atom. The highest BCUT2D eigenvalue weighted by Crippen LogP contribution is 2.42. The second kappa shape index (κ2) is 5.80. The van der Waals surface area contributed by atoms with Crippen LogP contribution in [-0.2, 0) is 4.79 Å². The molecule has 0 unspecified atom stereocenters. The Morgan fingerprint density at radius 1 is 1.21 bits per heavy atom. The van der Waals surface area contributed by atoms with Crippen LogP contribution in [0, 0.1) is 23.7 Å². The first-order chi connectivity index (χ1) is 9.29. The smallest absolute Gasteiger partial charge is 0.223 e. The third-order valence-electron chi connectivity index (χ3n) is 5.46. The number of rotatable bonds is 4. The third-order valence-corrected chi connectivity index (χ3v) is 5.46. The number of hydrogen-bond acceptors (Lipinski definition) is 3. The van der Waals surface area contributed by atoms with Crippen LogP contribution in [0.2, 0.25) is 0 Å². The minimum atomic E-state index is 0.194. The minimum Gasteiger partial charge on any atom is -0.353 e. The third kappa shape index (κ3) is 2.95. The van der Waals surface area contributed by atoms with E-state index in [0.717, 1.165) is 37.8 Å². The molecule has 4 nitrogen and oxygen atoms in total. The summed E-state index contributed by atoms with van der Waals surface area (Å²) >= 11 is 0. The lowest BCUT2D eigenvalue weighted by atomic mass is 9.92. The first kappa shape index (κ1) is 13.4. The summed E-state index contributed by atoms with van der Waals surface area (Å²) in [5.41, 5.74) is 5.77. The van der Waals surface area contributed by atoms with Crippen molar-refractivity contribution >= 4 is 5.91 Å². The van der Waals surface area contributed by atoms with E-state index in [9.17, 15) is 4.79 Å². The SMILES string of the molecule is NC[C@H]1CCC[C@H]1C(=O)N[C@@H]1C[C@H]1C1CCNCC1. The molecule has 0 spiro atoms. The highest BCUT2D eigenvalue weighted by molar-refractivity contribution is 5.80. The number of amides is 1. The summed E-state index contributed by atoms with van der Waals surface area (Å²) in [7, 11) is 0. The predicted molar refractivity (Wildman–Crippen MR) is 75.5 cm³/mol. The van der Waals surface area contributed by atoms with Crippen LogP contribution in [-0.4, -0.2) is 31.6 Å². The molecule has 3 aliphatic rings. The van der Waals surface area contributed by atoms with Gasteiger partial charge in [0, 0.05) is 12.0 Å². The van der Waals surface area contributed by atoms with E-state index in [1.807, 2.05) is 0 Å². The van der Waals surface area contributed by atoms with Gasteiger partial charge in [0.25, 0.3) is 0 Å². The maximum Gasteiger partial charge on any atom is 0.223 e. The summed E-state index contributed by atoms with van der Waals surface area (Å²) in [5, 5.41) is 6.70. The van der Waals surface area contributed by atoms with Crippen LogP contribution in [0.4, 0.5) is 0 Å². The number of nitrogens with two attached hydrogens (primary N) is 1. The zero-order valence-corrected chi connectivity index (χ0v) is 11.7. The molecular formula is C15H27N3O. The van der Waals surface area contributed by atoms with Gasteiger partial charge in [-0.3, -0.25) is 4.79 Å². The summed E-state index contributed by atoms with van der Waals surface area (Å²) in [6, 6.07) is 0.467. The van der Waals surface area contributed by atoms with Crippen molar-refractivity contribution in [2.45, 2.75) is 44.6 Å². The summed E-state index contributed by atoms with van der Waals surface area (Å²) in [4.78, 5) is 12.3. The molecule has 0 bridgehead atoms. The monoisotopic (exact) mass is 265 g/mol. The normalized spacial score (nSPS) is 39.2. The van der Waals surface area contributed by atoms with E-state index in [2.05, 4.69) is 10.6 Å². The van der Waals surface area contributed by atoms with Gasteiger partial charge in [0.2, 0.25) is 5.91 Å². The lowest BCUT2D eigenvalue weighted by Crippen LogP contribution is -2.38. The molecule has 0 aromatic rings. The lowest BCUT2D eigenvalue weighted by molar-refractivity contribution is -0.126. The molecule has 1 heterocycles. The number of nitrogens with one attached hydrogen (secondary N) is 2. The molecule has 2 saturated carbocycles. The van der Waals surface area contributed by atoms with Crippen molar-refractivity contribution in [3.05, 3.63) is 0 Å². The Morgan fingerprint density at radius 3 is 2.74 bits per heavy atom. The van der Waals surface area contributed by atoms with E-state index in [1.54, 1.807) is 0 Å². The van der Waals surface area contributed by atoms with Crippen molar-refractivity contribution in [1.29, 1.82) is 0 Å². The van der Waals surface area contributed by atoms with Gasteiger partial charge in [-0.25, -0.2) is 0 Å². The van der Waals surface area contributed by atoms with Crippen molar-refractivity contribution in [3.8, 4) is 0 Å². The average Bonchev–Trinajstić information content (AvgIpc) is 3.04. The Kier molecular flexibility index (Phi) is 4.08. The largest absolute Gasteiger partial charge is 0.353 e. The van der Waals surface area contributed by atoms with Crippen LogP contribution in [0.3, 0.4) is 0 Å². The van der Waals surface area contributed by atoms with Crippen LogP contribution < -0.4 is 16.4 Å². The Hall–Kier alpha value is -0.610. The fourth-order valence-corrected chi connectivity index (χ4v) is 4.13. The van der Waals surface area contributed by atoms with Gasteiger partial charge in [-0.1, -0.05) is 6.42 Å². The Labute approximate surface area is 115 Å². The molecule has 4 N–H and O–H groups in total. The van der Waals surface area contributed by atoms with Crippen molar-refractivity contribution in [3.63, 3.8) is 0 Å². The number of piperidine rings is 1. The molecule has 1 aliphatic heterocycles. The molecule has 1 saturated heterocycles. The van der Waals surface area contributed by atoms with E-state index >= 15 is 0 Å². The highest BCUT2D eigenvalue weighted by atomic mass is 16.2. The number of carbonyl (C=O) groups is 1. The molecular weight excluding hydrogens is 238 g/mol. The minimum absolute atomic E-state index is 0.194. The molecule has 0 radical (unpaired) electrons. The molecule has 4 atom stereocenters. The number of hydrogen-bond donors (Lipinski definition) is 3. The molecule has 4 heteroatoms. The van der Waals surface area contributed by atoms with Gasteiger partial charge in [0.15, 0.2) is 0 Å². The summed E-state index contributed by atoms with van der Waals surface area (Å²) in [6.45, 7) is 2.97. The quantitative estimate of drug-likeness (QED) is 0.706. The zero-order chi connectivity index (χ0) is 13.2. The zero-order valence-electron chi connectivity index (χ0n) is 11.7. The Balaban J connectivity index is 1.46. The molecule has 3 rings (SSSR count). The molecule has 108 valence electrons. The van der Waals surface area contributed by atoms with Gasteiger partial charge in [-0.2, -0.15) is 0 Å². The first-order valence-corrected chi connectivity index (χ1v) is 8.00. The lowest BCUT2D eigenvalue weighted by Gasteiger charge is -2.23. The van der Waals surface area contributed by atoms with Crippen molar-refractivity contribution < 1.29 is 4.79 Å². The van der Waals surface area contributed by atoms with Crippen LogP contribution in [0.5, 0.6) is 0 Å². The highest BCUT2D eigenvalue weighted by Gasteiger charge is 2.45. The van der Waals surface area contributed by atoms with Gasteiger partial charge < -0.3 is 16.4 Å². The predicted octanol–water partition coefficient (Wildman–Crippen LogP) is 0.866. The van der Waals surface area contributed by atoms with Gasteiger partial charge in [-0.15, -0.1) is 0 Å². The van der Waals surface area contributed by atoms with Gasteiger partial charge in [0.1, 0.15) is 0 Å². The summed E-state index contributed by atoms with van der Waals surface area (Å²) in [6.07, 6.45) is 7.12. The van der Waals surface area contributed by atoms with E-state index in [-0.39, 0.29) is 11.8 Å². The van der Waals surface area contributed by atoms with Gasteiger partial charge >= 0.3 is 0 Å². The maximum atomic E-state index is 12.3. The second-order valence-electron chi connectivity index (χ2n) is 6.64. The molecule has 0 aromatic heterocycles. The van der Waals surface area contributed by atoms with Crippen molar-refractivity contribution in [1.82, 2.24) is 10.6 Å². The summed E-state index contributed by atoms with van der Waals surface area (Å²) in [5.74, 6) is 2.49. The average molecular weight is 265 g/mol. The van der Waals surface area contributed by atoms with Gasteiger partial charge in [-0.05, 0) is 69.5 Å². The number of carbonyl (C=O) groups excluding carboxylic acids is 1.